The second-order valence-corrected chi connectivity index (χ2v) is 9.54. The molecular formula is C27H30N4O3. The van der Waals surface area contributed by atoms with Crippen molar-refractivity contribution in [1.29, 1.82) is 0 Å². The van der Waals surface area contributed by atoms with Gasteiger partial charge in [-0.3, -0.25) is 9.69 Å². The fourth-order valence-corrected chi connectivity index (χ4v) is 5.29. The van der Waals surface area contributed by atoms with Crippen molar-refractivity contribution in [3.05, 3.63) is 78.1 Å². The molecule has 0 N–H and O–H groups in total. The smallest absolute Gasteiger partial charge is 0.344 e. The molecule has 2 heterocycles. The first-order chi connectivity index (χ1) is 16.5. The summed E-state index contributed by atoms with van der Waals surface area (Å²) in [5, 5.41) is 4.09. The maximum atomic E-state index is 12.8. The average molecular weight is 459 g/mol. The Bertz CT molecular complexity index is 1160. The predicted molar refractivity (Wildman–Crippen MR) is 129 cm³/mol. The standard InChI is InChI=1S/C27H30N4O3/c1-19(32)23-14-28-31(18-23)27(33)30-16-21-12-24(13-22(21)17-30)29(2)15-20-7-6-10-26(11-20)34-25-8-4-3-5-9-25/h3-11,14,18,21-22,24H,12-13,15-17H2,1-2H3/t21-,22+,24?. The van der Waals surface area contributed by atoms with Crippen LogP contribution in [0.3, 0.4) is 0 Å². The quantitative estimate of drug-likeness (QED) is 0.502. The molecule has 1 amide bonds. The first-order valence-electron chi connectivity index (χ1n) is 11.8. The Balaban J connectivity index is 1.15. The van der Waals surface area contributed by atoms with Crippen LogP contribution in [0.5, 0.6) is 11.5 Å². The van der Waals surface area contributed by atoms with Crippen LogP contribution >= 0.6 is 0 Å². The molecule has 0 radical (unpaired) electrons. The minimum Gasteiger partial charge on any atom is -0.457 e. The van der Waals surface area contributed by atoms with Gasteiger partial charge in [0.1, 0.15) is 11.5 Å². The third-order valence-corrected chi connectivity index (χ3v) is 7.11. The minimum atomic E-state index is -0.137. The largest absolute Gasteiger partial charge is 0.457 e. The van der Waals surface area contributed by atoms with Gasteiger partial charge in [0.2, 0.25) is 0 Å². The highest BCUT2D eigenvalue weighted by Gasteiger charge is 2.43. The van der Waals surface area contributed by atoms with Crippen LogP contribution in [0.4, 0.5) is 4.79 Å². The number of fused-ring (bicyclic) bond motifs is 1. The van der Waals surface area contributed by atoms with E-state index < -0.39 is 0 Å². The van der Waals surface area contributed by atoms with Crippen LogP contribution in [-0.2, 0) is 6.54 Å². The van der Waals surface area contributed by atoms with Gasteiger partial charge in [-0.05, 0) is 68.5 Å². The summed E-state index contributed by atoms with van der Waals surface area (Å²) in [5.74, 6) is 2.61. The molecule has 7 nitrogen and oxygen atoms in total. The molecule has 3 atom stereocenters. The number of nitrogens with zero attached hydrogens (tertiary/aromatic N) is 4. The van der Waals surface area contributed by atoms with E-state index in [9.17, 15) is 9.59 Å². The molecule has 2 fully saturated rings. The van der Waals surface area contributed by atoms with Crippen LogP contribution in [0.15, 0.2) is 67.0 Å². The SMILES string of the molecule is CC(=O)c1cnn(C(=O)N2C[C@H]3CC(N(C)Cc4cccc(Oc5ccccc5)c4)C[C@H]3C2)c1. The Labute approximate surface area is 199 Å². The Morgan fingerprint density at radius 3 is 2.41 bits per heavy atom. The van der Waals surface area contributed by atoms with Crippen LogP contribution in [0, 0.1) is 11.8 Å². The van der Waals surface area contributed by atoms with Crippen molar-refractivity contribution in [2.45, 2.75) is 32.4 Å². The second-order valence-electron chi connectivity index (χ2n) is 9.54. The number of carbonyl (C=O) groups excluding carboxylic acids is 2. The molecule has 2 aromatic carbocycles. The van der Waals surface area contributed by atoms with Gasteiger partial charge in [-0.1, -0.05) is 30.3 Å². The molecule has 176 valence electrons. The number of likely N-dealkylation sites (tertiary alicyclic amines) is 1. The van der Waals surface area contributed by atoms with Crippen molar-refractivity contribution in [1.82, 2.24) is 19.6 Å². The van der Waals surface area contributed by atoms with E-state index in [2.05, 4.69) is 29.2 Å². The lowest BCUT2D eigenvalue weighted by Gasteiger charge is -2.26. The number of hydrogen-bond donors (Lipinski definition) is 0. The van der Waals surface area contributed by atoms with Gasteiger partial charge in [0.05, 0.1) is 11.8 Å². The van der Waals surface area contributed by atoms with E-state index in [1.807, 2.05) is 47.4 Å². The minimum absolute atomic E-state index is 0.0830. The zero-order valence-electron chi connectivity index (χ0n) is 19.6. The van der Waals surface area contributed by atoms with E-state index in [0.29, 0.717) is 23.4 Å². The lowest BCUT2D eigenvalue weighted by Crippen LogP contribution is -2.36. The molecule has 2 aliphatic rings. The molecule has 34 heavy (non-hydrogen) atoms. The van der Waals surface area contributed by atoms with E-state index in [4.69, 9.17) is 4.74 Å². The van der Waals surface area contributed by atoms with Crippen LogP contribution in [-0.4, -0.2) is 57.6 Å². The maximum absolute atomic E-state index is 12.8. The van der Waals surface area contributed by atoms with Crippen molar-refractivity contribution >= 4 is 11.8 Å². The molecule has 1 aliphatic heterocycles. The highest BCUT2D eigenvalue weighted by molar-refractivity contribution is 5.94. The zero-order chi connectivity index (χ0) is 23.7. The van der Waals surface area contributed by atoms with Crippen LogP contribution < -0.4 is 4.74 Å². The van der Waals surface area contributed by atoms with Crippen LogP contribution in [0.2, 0.25) is 0 Å². The van der Waals surface area contributed by atoms with Gasteiger partial charge in [0, 0.05) is 31.9 Å². The summed E-state index contributed by atoms with van der Waals surface area (Å²) >= 11 is 0. The molecule has 7 heteroatoms. The summed E-state index contributed by atoms with van der Waals surface area (Å²) in [5.41, 5.74) is 1.69. The fourth-order valence-electron chi connectivity index (χ4n) is 5.29. The third-order valence-electron chi connectivity index (χ3n) is 7.11. The number of Topliss-reactive ketones (excluding diaryl/α,β-unsaturated/α-hetero) is 1. The number of rotatable bonds is 6. The summed E-state index contributed by atoms with van der Waals surface area (Å²) < 4.78 is 7.29. The zero-order valence-corrected chi connectivity index (χ0v) is 19.6. The number of aromatic nitrogens is 2. The van der Waals surface area contributed by atoms with Crippen LogP contribution in [0.1, 0.15) is 35.7 Å². The number of ketones is 1. The lowest BCUT2D eigenvalue weighted by atomic mass is 10.0. The Hall–Kier alpha value is -3.45. The highest BCUT2D eigenvalue weighted by atomic mass is 16.5. The van der Waals surface area contributed by atoms with Gasteiger partial charge < -0.3 is 9.64 Å². The summed E-state index contributed by atoms with van der Waals surface area (Å²) in [6, 6.07) is 18.5. The van der Waals surface area contributed by atoms with Gasteiger partial charge in [-0.15, -0.1) is 0 Å². The van der Waals surface area contributed by atoms with Crippen molar-refractivity contribution in [2.24, 2.45) is 11.8 Å². The molecular weight excluding hydrogens is 428 g/mol. The monoisotopic (exact) mass is 458 g/mol. The summed E-state index contributed by atoms with van der Waals surface area (Å²) in [6.45, 7) is 3.85. The molecule has 1 unspecified atom stereocenters. The number of hydrogen-bond acceptors (Lipinski definition) is 5. The maximum Gasteiger partial charge on any atom is 0.344 e. The molecule has 1 aliphatic carbocycles. The summed E-state index contributed by atoms with van der Waals surface area (Å²) in [4.78, 5) is 28.6. The average Bonchev–Trinajstić information content (AvgIpc) is 3.55. The van der Waals surface area contributed by atoms with Crippen molar-refractivity contribution < 1.29 is 14.3 Å². The number of amides is 1. The fraction of sp³-hybridized carbons (Fsp3) is 0.370. The Morgan fingerprint density at radius 1 is 1.03 bits per heavy atom. The molecule has 5 rings (SSSR count). The number of ether oxygens (including phenoxy) is 1. The van der Waals surface area contributed by atoms with E-state index in [-0.39, 0.29) is 11.8 Å². The highest BCUT2D eigenvalue weighted by Crippen LogP contribution is 2.40. The van der Waals surface area contributed by atoms with E-state index in [0.717, 1.165) is 44.0 Å². The lowest BCUT2D eigenvalue weighted by molar-refractivity contribution is 0.101. The predicted octanol–water partition coefficient (Wildman–Crippen LogP) is 4.69. The van der Waals surface area contributed by atoms with Crippen molar-refractivity contribution in [2.75, 3.05) is 20.1 Å². The number of carbonyl (C=O) groups is 2. The van der Waals surface area contributed by atoms with Gasteiger partial charge in [-0.2, -0.15) is 9.78 Å². The number of para-hydroxylation sites is 1. The Morgan fingerprint density at radius 2 is 1.74 bits per heavy atom. The van der Waals surface area contributed by atoms with Gasteiger partial charge in [0.15, 0.2) is 5.78 Å². The second kappa shape index (κ2) is 9.43. The van der Waals surface area contributed by atoms with Gasteiger partial charge in [0.25, 0.3) is 0 Å². The molecule has 0 spiro atoms. The molecule has 3 aromatic rings. The van der Waals surface area contributed by atoms with E-state index >= 15 is 0 Å². The van der Waals surface area contributed by atoms with Gasteiger partial charge >= 0.3 is 6.03 Å². The first kappa shape index (κ1) is 22.3. The summed E-state index contributed by atoms with van der Waals surface area (Å²) in [6.07, 6.45) is 5.17. The number of benzene rings is 2. The normalized spacial score (nSPS) is 21.6. The third kappa shape index (κ3) is 4.75. The molecule has 1 aromatic heterocycles. The molecule has 0 bridgehead atoms. The van der Waals surface area contributed by atoms with Gasteiger partial charge in [-0.25, -0.2) is 4.79 Å². The summed E-state index contributed by atoms with van der Waals surface area (Å²) in [7, 11) is 2.19. The topological polar surface area (TPSA) is 67.7 Å². The van der Waals surface area contributed by atoms with Crippen molar-refractivity contribution in [3.8, 4) is 11.5 Å². The van der Waals surface area contributed by atoms with Crippen molar-refractivity contribution in [3.63, 3.8) is 0 Å². The van der Waals surface area contributed by atoms with Crippen LogP contribution in [0.25, 0.3) is 0 Å². The first-order valence-corrected chi connectivity index (χ1v) is 11.8. The van der Waals surface area contributed by atoms with E-state index in [1.165, 1.54) is 29.6 Å². The molecule has 1 saturated heterocycles. The van der Waals surface area contributed by atoms with E-state index in [1.54, 1.807) is 0 Å². The Kier molecular flexibility index (Phi) is 6.20. The molecule has 1 saturated carbocycles.